The van der Waals surface area contributed by atoms with Crippen LogP contribution in [-0.4, -0.2) is 53.4 Å². The summed E-state index contributed by atoms with van der Waals surface area (Å²) < 4.78 is 44.0. The van der Waals surface area contributed by atoms with Crippen molar-refractivity contribution < 1.29 is 27.5 Å². The summed E-state index contributed by atoms with van der Waals surface area (Å²) in [5, 5.41) is 13.6. The standard InChI is InChI=1S/C24H27F3N6O3/c1-23(2)19(28)16(20(29)32-21(34)14-7-9-15(10-8-14)24(25,26)27)13-33(23)22(35)36-18(12-30-3)17-6-4-5-11-31-17/h4-11,18,30H,12-13,28H2,1-3H3,(H2,29,32,34)/t18-/m1/s1. The highest BCUT2D eigenvalue weighted by molar-refractivity contribution is 6.12. The Bertz CT molecular complexity index is 1160. The number of likely N-dealkylation sites (N-methyl/N-ethyl adjacent to an activating group) is 1. The summed E-state index contributed by atoms with van der Waals surface area (Å²) in [4.78, 5) is 31.2. The number of aromatic nitrogens is 1. The number of hydrogen-bond acceptors (Lipinski definition) is 7. The van der Waals surface area contributed by atoms with Gasteiger partial charge in [0.15, 0.2) is 6.10 Å². The number of pyridine rings is 1. The Kier molecular flexibility index (Phi) is 7.68. The van der Waals surface area contributed by atoms with Gasteiger partial charge in [-0.05, 0) is 57.3 Å². The monoisotopic (exact) mass is 504 g/mol. The quantitative estimate of drug-likeness (QED) is 0.353. The van der Waals surface area contributed by atoms with Crippen molar-refractivity contribution in [1.82, 2.24) is 20.5 Å². The summed E-state index contributed by atoms with van der Waals surface area (Å²) in [7, 11) is 1.71. The van der Waals surface area contributed by atoms with E-state index in [9.17, 15) is 22.8 Å². The molecule has 1 aliphatic rings. The van der Waals surface area contributed by atoms with Gasteiger partial charge in [-0.1, -0.05) is 6.07 Å². The molecule has 1 aliphatic heterocycles. The third kappa shape index (κ3) is 5.65. The molecule has 0 radical (unpaired) electrons. The van der Waals surface area contributed by atoms with Gasteiger partial charge < -0.3 is 21.1 Å². The zero-order valence-corrected chi connectivity index (χ0v) is 19.9. The molecule has 0 saturated carbocycles. The van der Waals surface area contributed by atoms with Gasteiger partial charge in [-0.2, -0.15) is 13.2 Å². The molecule has 192 valence electrons. The van der Waals surface area contributed by atoms with Crippen LogP contribution in [0.1, 0.15) is 41.6 Å². The van der Waals surface area contributed by atoms with Crippen molar-refractivity contribution in [3.63, 3.8) is 0 Å². The van der Waals surface area contributed by atoms with Gasteiger partial charge in [0.2, 0.25) is 0 Å². The number of amidine groups is 1. The average molecular weight is 505 g/mol. The van der Waals surface area contributed by atoms with E-state index in [2.05, 4.69) is 15.6 Å². The molecule has 1 aromatic heterocycles. The number of nitrogens with one attached hydrogen (secondary N) is 3. The minimum absolute atomic E-state index is 0.0642. The van der Waals surface area contributed by atoms with Crippen LogP contribution in [0.3, 0.4) is 0 Å². The van der Waals surface area contributed by atoms with E-state index in [1.807, 2.05) is 0 Å². The zero-order valence-electron chi connectivity index (χ0n) is 19.9. The first-order valence-electron chi connectivity index (χ1n) is 11.0. The van der Waals surface area contributed by atoms with Gasteiger partial charge in [-0.15, -0.1) is 0 Å². The summed E-state index contributed by atoms with van der Waals surface area (Å²) in [5.74, 6) is -1.14. The number of carbonyl (C=O) groups is 2. The number of alkyl halides is 3. The second-order valence-corrected chi connectivity index (χ2v) is 8.63. The third-order valence-electron chi connectivity index (χ3n) is 5.86. The molecular formula is C24H27F3N6O3. The molecule has 2 amide bonds. The molecule has 0 aliphatic carbocycles. The highest BCUT2D eigenvalue weighted by Gasteiger charge is 2.44. The van der Waals surface area contributed by atoms with Crippen LogP contribution in [0.25, 0.3) is 0 Å². The number of carbonyl (C=O) groups excluding carboxylic acids is 2. The van der Waals surface area contributed by atoms with Crippen molar-refractivity contribution in [2.75, 3.05) is 20.1 Å². The topological polar surface area (TPSA) is 133 Å². The van der Waals surface area contributed by atoms with Crippen molar-refractivity contribution in [2.24, 2.45) is 5.73 Å². The van der Waals surface area contributed by atoms with Gasteiger partial charge in [0, 0.05) is 29.6 Å². The van der Waals surface area contributed by atoms with Gasteiger partial charge in [-0.3, -0.25) is 20.1 Å². The number of halogens is 3. The summed E-state index contributed by atoms with van der Waals surface area (Å²) in [5.41, 5.74) is 5.19. The number of nitrogens with zero attached hydrogens (tertiary/aromatic N) is 2. The maximum absolute atomic E-state index is 13.1. The van der Waals surface area contributed by atoms with E-state index < -0.39 is 35.4 Å². The fourth-order valence-electron chi connectivity index (χ4n) is 3.68. The summed E-state index contributed by atoms with van der Waals surface area (Å²) in [6.45, 7) is 3.55. The minimum Gasteiger partial charge on any atom is -0.438 e. The van der Waals surface area contributed by atoms with Crippen molar-refractivity contribution in [3.05, 3.63) is 76.8 Å². The van der Waals surface area contributed by atoms with Gasteiger partial charge >= 0.3 is 12.3 Å². The highest BCUT2D eigenvalue weighted by atomic mass is 19.4. The molecule has 1 aromatic carbocycles. The lowest BCUT2D eigenvalue weighted by atomic mass is 10.0. The fourth-order valence-corrected chi connectivity index (χ4v) is 3.68. The molecule has 0 fully saturated rings. The van der Waals surface area contributed by atoms with Crippen molar-refractivity contribution in [2.45, 2.75) is 31.7 Å². The lowest BCUT2D eigenvalue weighted by molar-refractivity contribution is -0.137. The number of benzene rings is 1. The van der Waals surface area contributed by atoms with E-state index >= 15 is 0 Å². The van der Waals surface area contributed by atoms with Crippen molar-refractivity contribution in [1.29, 1.82) is 5.41 Å². The summed E-state index contributed by atoms with van der Waals surface area (Å²) in [6.07, 6.45) is -4.31. The highest BCUT2D eigenvalue weighted by Crippen LogP contribution is 2.33. The smallest absolute Gasteiger partial charge is 0.416 e. The molecular weight excluding hydrogens is 477 g/mol. The average Bonchev–Trinajstić information content (AvgIpc) is 3.07. The van der Waals surface area contributed by atoms with E-state index in [4.69, 9.17) is 15.9 Å². The Hall–Kier alpha value is -3.93. The Morgan fingerprint density at radius 1 is 1.22 bits per heavy atom. The van der Waals surface area contributed by atoms with E-state index in [-0.39, 0.29) is 29.2 Å². The number of hydrogen-bond donors (Lipinski definition) is 4. The molecule has 0 spiro atoms. The Morgan fingerprint density at radius 3 is 2.44 bits per heavy atom. The predicted molar refractivity (Wildman–Crippen MR) is 126 cm³/mol. The first-order chi connectivity index (χ1) is 16.9. The SMILES string of the molecule is CNC[C@@H](OC(=O)N1CC(C(=N)NC(=O)c2ccc(C(F)(F)F)cc2)=C(N)C1(C)C)c1ccccn1. The Balaban J connectivity index is 1.72. The Labute approximate surface area is 206 Å². The van der Waals surface area contributed by atoms with E-state index in [1.54, 1.807) is 45.3 Å². The second-order valence-electron chi connectivity index (χ2n) is 8.63. The van der Waals surface area contributed by atoms with E-state index in [1.165, 1.54) is 4.90 Å². The van der Waals surface area contributed by atoms with Crippen LogP contribution in [0.15, 0.2) is 59.9 Å². The Morgan fingerprint density at radius 2 is 1.89 bits per heavy atom. The van der Waals surface area contributed by atoms with Crippen LogP contribution in [0.4, 0.5) is 18.0 Å². The maximum atomic E-state index is 13.1. The largest absolute Gasteiger partial charge is 0.438 e. The molecule has 0 unspecified atom stereocenters. The lowest BCUT2D eigenvalue weighted by Gasteiger charge is -2.33. The second kappa shape index (κ2) is 10.4. The van der Waals surface area contributed by atoms with Gasteiger partial charge in [0.05, 0.1) is 23.3 Å². The minimum atomic E-state index is -4.53. The third-order valence-corrected chi connectivity index (χ3v) is 5.86. The molecule has 9 nitrogen and oxygen atoms in total. The van der Waals surface area contributed by atoms with Gasteiger partial charge in [0.25, 0.3) is 5.91 Å². The first kappa shape index (κ1) is 26.7. The van der Waals surface area contributed by atoms with E-state index in [0.717, 1.165) is 24.3 Å². The van der Waals surface area contributed by atoms with Gasteiger partial charge in [-0.25, -0.2) is 4.79 Å². The summed E-state index contributed by atoms with van der Waals surface area (Å²) in [6, 6.07) is 8.85. The molecule has 0 bridgehead atoms. The number of ether oxygens (including phenoxy) is 1. The van der Waals surface area contributed by atoms with Gasteiger partial charge in [0.1, 0.15) is 5.84 Å². The zero-order chi connectivity index (χ0) is 26.7. The molecule has 1 atom stereocenters. The van der Waals surface area contributed by atoms with Crippen molar-refractivity contribution in [3.8, 4) is 0 Å². The fraction of sp³-hybridized carbons (Fsp3) is 0.333. The van der Waals surface area contributed by atoms with E-state index in [0.29, 0.717) is 12.2 Å². The number of amides is 2. The van der Waals surface area contributed by atoms with Crippen LogP contribution in [-0.2, 0) is 10.9 Å². The number of nitrogens with two attached hydrogens (primary N) is 1. The molecule has 2 aromatic rings. The maximum Gasteiger partial charge on any atom is 0.416 e. The molecule has 5 N–H and O–H groups in total. The lowest BCUT2D eigenvalue weighted by Crippen LogP contribution is -2.47. The molecule has 0 saturated heterocycles. The van der Waals surface area contributed by atoms with Crippen LogP contribution in [0, 0.1) is 5.41 Å². The van der Waals surface area contributed by atoms with Crippen LogP contribution in [0.2, 0.25) is 0 Å². The van der Waals surface area contributed by atoms with Crippen molar-refractivity contribution >= 4 is 17.8 Å². The molecule has 3 rings (SSSR count). The van der Waals surface area contributed by atoms with Crippen LogP contribution >= 0.6 is 0 Å². The number of rotatable bonds is 6. The normalized spacial score (nSPS) is 16.0. The van der Waals surface area contributed by atoms with Crippen LogP contribution < -0.4 is 16.4 Å². The molecule has 36 heavy (non-hydrogen) atoms. The van der Waals surface area contributed by atoms with Crippen LogP contribution in [0.5, 0.6) is 0 Å². The first-order valence-corrected chi connectivity index (χ1v) is 11.0. The molecule has 2 heterocycles. The summed E-state index contributed by atoms with van der Waals surface area (Å²) >= 11 is 0. The molecule has 12 heteroatoms. The predicted octanol–water partition coefficient (Wildman–Crippen LogP) is 3.21.